The molecule has 114 valence electrons. The van der Waals surface area contributed by atoms with E-state index >= 15 is 0 Å². The van der Waals surface area contributed by atoms with Crippen molar-refractivity contribution in [1.82, 2.24) is 19.5 Å². The summed E-state index contributed by atoms with van der Waals surface area (Å²) >= 11 is 0. The second-order valence-electron chi connectivity index (χ2n) is 4.82. The summed E-state index contributed by atoms with van der Waals surface area (Å²) in [5.41, 5.74) is 6.91. The van der Waals surface area contributed by atoms with Crippen molar-refractivity contribution in [3.05, 3.63) is 28.8 Å². The van der Waals surface area contributed by atoms with E-state index in [1.165, 1.54) is 0 Å². The van der Waals surface area contributed by atoms with Crippen LogP contribution in [0.15, 0.2) is 23.3 Å². The summed E-state index contributed by atoms with van der Waals surface area (Å²) in [5, 5.41) is 9.28. The van der Waals surface area contributed by atoms with Crippen molar-refractivity contribution >= 4 is 17.1 Å². The number of aromatic amines is 1. The van der Waals surface area contributed by atoms with Gasteiger partial charge in [0.2, 0.25) is 5.95 Å². The number of aliphatic hydroxyl groups is 1. The summed E-state index contributed by atoms with van der Waals surface area (Å²) in [5.74, 6) is 0.170. The second-order valence-corrected chi connectivity index (χ2v) is 4.82. The number of fused-ring (bicyclic) bond motifs is 1. The highest BCUT2D eigenvalue weighted by Crippen LogP contribution is 2.39. The third kappa shape index (κ3) is 2.56. The molecule has 21 heavy (non-hydrogen) atoms. The number of nitrogens with two attached hydrogens (primary N) is 1. The molecule has 1 aliphatic carbocycles. The van der Waals surface area contributed by atoms with E-state index in [4.69, 9.17) is 5.73 Å². The van der Waals surface area contributed by atoms with E-state index in [0.29, 0.717) is 5.65 Å². The first-order valence-corrected chi connectivity index (χ1v) is 7.13. The van der Waals surface area contributed by atoms with Gasteiger partial charge >= 0.3 is 0 Å². The molecule has 0 aromatic carbocycles. The molecule has 0 bridgehead atoms. The molecule has 2 aromatic rings. The number of imidazole rings is 1. The summed E-state index contributed by atoms with van der Waals surface area (Å²) in [7, 11) is 0. The molecular formula is C14H21N5O2. The molecule has 0 aliphatic heterocycles. The predicted octanol–water partition coefficient (Wildman–Crippen LogP) is 1.23. The van der Waals surface area contributed by atoms with Crippen LogP contribution in [0.2, 0.25) is 0 Å². The Balaban J connectivity index is 0.000000774. The molecular weight excluding hydrogens is 270 g/mol. The number of anilines is 1. The van der Waals surface area contributed by atoms with Crippen LogP contribution >= 0.6 is 0 Å². The molecule has 1 saturated carbocycles. The molecule has 2 aromatic heterocycles. The Hall–Kier alpha value is -2.15. The quantitative estimate of drug-likeness (QED) is 0.721. The molecule has 0 radical (unpaired) electrons. The molecule has 7 nitrogen and oxygen atoms in total. The highest BCUT2D eigenvalue weighted by Gasteiger charge is 2.30. The minimum atomic E-state index is -0.344. The molecule has 0 saturated heterocycles. The Morgan fingerprint density at radius 2 is 2.24 bits per heavy atom. The van der Waals surface area contributed by atoms with Crippen molar-refractivity contribution < 1.29 is 5.11 Å². The number of hydrogen-bond donors (Lipinski definition) is 3. The molecule has 4 N–H and O–H groups in total. The Morgan fingerprint density at radius 3 is 2.86 bits per heavy atom. The van der Waals surface area contributed by atoms with Crippen molar-refractivity contribution in [2.24, 2.45) is 5.92 Å². The molecule has 2 heterocycles. The lowest BCUT2D eigenvalue weighted by Crippen LogP contribution is -2.14. The van der Waals surface area contributed by atoms with E-state index in [1.54, 1.807) is 6.33 Å². The maximum absolute atomic E-state index is 11.7. The fraction of sp³-hybridized carbons (Fsp3) is 0.500. The molecule has 2 atom stereocenters. The predicted molar refractivity (Wildman–Crippen MR) is 81.9 cm³/mol. The molecule has 3 rings (SSSR count). The van der Waals surface area contributed by atoms with Gasteiger partial charge in [-0.05, 0) is 18.4 Å². The molecule has 7 heteroatoms. The zero-order chi connectivity index (χ0) is 15.6. The van der Waals surface area contributed by atoms with Crippen molar-refractivity contribution in [3.63, 3.8) is 0 Å². The Labute approximate surface area is 122 Å². The number of nitrogen functional groups attached to an aromatic ring is 1. The van der Waals surface area contributed by atoms with Crippen molar-refractivity contribution in [2.45, 2.75) is 32.7 Å². The fourth-order valence-corrected chi connectivity index (χ4v) is 2.70. The summed E-state index contributed by atoms with van der Waals surface area (Å²) in [4.78, 5) is 22.4. The van der Waals surface area contributed by atoms with Crippen LogP contribution < -0.4 is 11.3 Å². The molecule has 0 spiro atoms. The summed E-state index contributed by atoms with van der Waals surface area (Å²) in [6, 6.07) is 0.0100. The average molecular weight is 291 g/mol. The second kappa shape index (κ2) is 6.09. The van der Waals surface area contributed by atoms with Crippen LogP contribution in [0.5, 0.6) is 0 Å². The molecule has 0 amide bonds. The van der Waals surface area contributed by atoms with Crippen molar-refractivity contribution in [1.29, 1.82) is 0 Å². The smallest absolute Gasteiger partial charge is 0.280 e. The Morgan fingerprint density at radius 1 is 1.52 bits per heavy atom. The van der Waals surface area contributed by atoms with E-state index < -0.39 is 0 Å². The lowest BCUT2D eigenvalue weighted by atomic mass is 10.0. The number of aromatic nitrogens is 4. The van der Waals surface area contributed by atoms with Crippen molar-refractivity contribution in [3.8, 4) is 0 Å². The monoisotopic (exact) mass is 291 g/mol. The first-order chi connectivity index (χ1) is 10.1. The maximum Gasteiger partial charge on any atom is 0.280 e. The first kappa shape index (κ1) is 15.2. The van der Waals surface area contributed by atoms with E-state index in [0.717, 1.165) is 18.4 Å². The largest absolute Gasteiger partial charge is 0.396 e. The van der Waals surface area contributed by atoms with Crippen LogP contribution in [0.25, 0.3) is 11.2 Å². The Bertz CT molecular complexity index is 703. The van der Waals surface area contributed by atoms with E-state index in [1.807, 2.05) is 18.4 Å². The topological polar surface area (TPSA) is 110 Å². The lowest BCUT2D eigenvalue weighted by molar-refractivity contribution is 0.249. The van der Waals surface area contributed by atoms with Gasteiger partial charge in [-0.2, -0.15) is 4.98 Å². The minimum Gasteiger partial charge on any atom is -0.396 e. The van der Waals surface area contributed by atoms with E-state index in [2.05, 4.69) is 21.5 Å². The van der Waals surface area contributed by atoms with Crippen LogP contribution in [0.3, 0.4) is 0 Å². The number of aliphatic hydroxyl groups excluding tert-OH is 1. The number of nitrogens with zero attached hydrogens (tertiary/aromatic N) is 3. The third-order valence-electron chi connectivity index (χ3n) is 3.75. The lowest BCUT2D eigenvalue weighted by Gasteiger charge is -2.15. The van der Waals surface area contributed by atoms with Crippen LogP contribution in [0.1, 0.15) is 32.7 Å². The zero-order valence-corrected chi connectivity index (χ0v) is 12.3. The summed E-state index contributed by atoms with van der Waals surface area (Å²) < 4.78 is 1.82. The molecule has 2 unspecified atom stereocenters. The highest BCUT2D eigenvalue weighted by atomic mass is 16.3. The normalized spacial score (nSPS) is 21.4. The van der Waals surface area contributed by atoms with Crippen LogP contribution in [0, 0.1) is 5.92 Å². The van der Waals surface area contributed by atoms with Gasteiger partial charge in [0.1, 0.15) is 0 Å². The van der Waals surface area contributed by atoms with Gasteiger partial charge in [0.15, 0.2) is 11.2 Å². The van der Waals surface area contributed by atoms with E-state index in [9.17, 15) is 9.90 Å². The van der Waals surface area contributed by atoms with Gasteiger partial charge in [-0.1, -0.05) is 20.4 Å². The van der Waals surface area contributed by atoms with Crippen LogP contribution in [-0.4, -0.2) is 31.2 Å². The van der Waals surface area contributed by atoms with Gasteiger partial charge in [0, 0.05) is 12.5 Å². The minimum absolute atomic E-state index is 0.0100. The van der Waals surface area contributed by atoms with Gasteiger partial charge < -0.3 is 15.4 Å². The van der Waals surface area contributed by atoms with Gasteiger partial charge in [0.05, 0.1) is 12.4 Å². The van der Waals surface area contributed by atoms with Gasteiger partial charge in [-0.15, -0.1) is 0 Å². The number of hydrogen-bond acceptors (Lipinski definition) is 5. The third-order valence-corrected chi connectivity index (χ3v) is 3.75. The average Bonchev–Trinajstić information content (AvgIpc) is 3.04. The van der Waals surface area contributed by atoms with Crippen LogP contribution in [-0.2, 0) is 0 Å². The number of H-pyrrole nitrogens is 1. The zero-order valence-electron chi connectivity index (χ0n) is 12.3. The summed E-state index contributed by atoms with van der Waals surface area (Å²) in [6.07, 6.45) is 3.31. The van der Waals surface area contributed by atoms with Gasteiger partial charge in [-0.3, -0.25) is 9.78 Å². The Kier molecular flexibility index (Phi) is 4.42. The van der Waals surface area contributed by atoms with Crippen molar-refractivity contribution in [2.75, 3.05) is 12.3 Å². The number of rotatable bonds is 2. The van der Waals surface area contributed by atoms with Gasteiger partial charge in [0.25, 0.3) is 5.56 Å². The van der Waals surface area contributed by atoms with E-state index in [-0.39, 0.29) is 35.6 Å². The first-order valence-electron chi connectivity index (χ1n) is 7.13. The molecule has 1 fully saturated rings. The van der Waals surface area contributed by atoms with Crippen LogP contribution in [0.4, 0.5) is 5.95 Å². The fourth-order valence-electron chi connectivity index (χ4n) is 2.70. The SMILES string of the molecule is C=C1C(CO)CCC1n1cnc2c(=O)[nH]c(N)nc21.CC. The van der Waals surface area contributed by atoms with Gasteiger partial charge in [-0.25, -0.2) is 4.98 Å². The number of nitrogens with one attached hydrogen (secondary N) is 1. The maximum atomic E-state index is 11.7. The highest BCUT2D eigenvalue weighted by molar-refractivity contribution is 5.70. The standard InChI is InChI=1S/C12H15N5O2.C2H6/c1-6-7(4-18)2-3-8(6)17-5-14-9-10(17)15-12(13)16-11(9)19;1-2/h5,7-8,18H,1-4H2,(H3,13,15,16,19);1-2H3. The summed E-state index contributed by atoms with van der Waals surface area (Å²) in [6.45, 7) is 8.14. The molecule has 1 aliphatic rings.